The second-order valence-electron chi connectivity index (χ2n) is 2.43. The summed E-state index contributed by atoms with van der Waals surface area (Å²) in [5.41, 5.74) is 1.73. The van der Waals surface area contributed by atoms with Crippen molar-refractivity contribution in [3.63, 3.8) is 0 Å². The van der Waals surface area contributed by atoms with E-state index in [1.54, 1.807) is 0 Å². The lowest BCUT2D eigenvalue weighted by Crippen LogP contribution is -1.90. The molecule has 74 valence electrons. The van der Waals surface area contributed by atoms with Gasteiger partial charge in [-0.2, -0.15) is 8.42 Å². The van der Waals surface area contributed by atoms with Crippen molar-refractivity contribution in [3.8, 4) is 10.4 Å². The largest absolute Gasteiger partial charge is 0.450 e. The van der Waals surface area contributed by atoms with Crippen LogP contribution in [0.1, 0.15) is 0 Å². The maximum Gasteiger partial charge on any atom is 0.366 e. The van der Waals surface area contributed by atoms with Gasteiger partial charge in [0.2, 0.25) is 0 Å². The van der Waals surface area contributed by atoms with Gasteiger partial charge in [-0.25, -0.2) is 0 Å². The Hall–Kier alpha value is -1.21. The van der Waals surface area contributed by atoms with Gasteiger partial charge in [0.25, 0.3) is 5.09 Å². The maximum atomic E-state index is 12.7. The summed E-state index contributed by atoms with van der Waals surface area (Å²) in [4.78, 5) is 4.31. The van der Waals surface area contributed by atoms with Crippen LogP contribution in [0.25, 0.3) is 10.4 Å². The molecule has 4 nitrogen and oxygen atoms in total. The fourth-order valence-electron chi connectivity index (χ4n) is 1.02. The molecule has 2 aromatic heterocycles. The van der Waals surface area contributed by atoms with E-state index >= 15 is 0 Å². The quantitative estimate of drug-likeness (QED) is 0.745. The van der Waals surface area contributed by atoms with E-state index < -0.39 is 15.3 Å². The van der Waals surface area contributed by atoms with Crippen LogP contribution in [0.15, 0.2) is 33.5 Å². The monoisotopic (exact) mass is 233 g/mol. The van der Waals surface area contributed by atoms with Crippen molar-refractivity contribution in [2.24, 2.45) is 0 Å². The van der Waals surface area contributed by atoms with Crippen LogP contribution in [0.4, 0.5) is 3.89 Å². The summed E-state index contributed by atoms with van der Waals surface area (Å²) in [6.07, 6.45) is 2.58. The summed E-state index contributed by atoms with van der Waals surface area (Å²) >= 11 is 1.21. The van der Waals surface area contributed by atoms with Gasteiger partial charge in [-0.1, -0.05) is 3.89 Å². The molecule has 2 rings (SSSR count). The summed E-state index contributed by atoms with van der Waals surface area (Å²) in [5, 5.41) is -0.665. The smallest absolute Gasteiger partial charge is 0.366 e. The van der Waals surface area contributed by atoms with Crippen molar-refractivity contribution in [1.29, 1.82) is 0 Å². The fraction of sp³-hybridized carbons (Fsp3) is 0. The molecule has 0 amide bonds. The first-order chi connectivity index (χ1) is 6.59. The molecule has 0 N–H and O–H groups in total. The zero-order valence-corrected chi connectivity index (χ0v) is 8.31. The number of hydrogen-bond acceptors (Lipinski definition) is 5. The van der Waals surface area contributed by atoms with Crippen molar-refractivity contribution < 1.29 is 16.7 Å². The van der Waals surface area contributed by atoms with Gasteiger partial charge in [-0.15, -0.1) is 11.3 Å². The highest BCUT2D eigenvalue weighted by Gasteiger charge is 2.23. The number of furan rings is 1. The zero-order chi connectivity index (χ0) is 10.2. The Balaban J connectivity index is 2.62. The van der Waals surface area contributed by atoms with E-state index in [4.69, 9.17) is 0 Å². The van der Waals surface area contributed by atoms with Gasteiger partial charge < -0.3 is 4.42 Å². The van der Waals surface area contributed by atoms with Crippen LogP contribution in [-0.4, -0.2) is 13.4 Å². The lowest BCUT2D eigenvalue weighted by Gasteiger charge is -1.92. The van der Waals surface area contributed by atoms with E-state index in [2.05, 4.69) is 9.40 Å². The average Bonchev–Trinajstić information content (AvgIpc) is 2.73. The first-order valence-electron chi connectivity index (χ1n) is 3.50. The van der Waals surface area contributed by atoms with Crippen molar-refractivity contribution in [2.75, 3.05) is 0 Å². The summed E-state index contributed by atoms with van der Waals surface area (Å²) in [7, 11) is -4.80. The Morgan fingerprint density at radius 1 is 1.50 bits per heavy atom. The Labute approximate surface area is 83.2 Å². The van der Waals surface area contributed by atoms with Gasteiger partial charge in [0.1, 0.15) is 0 Å². The summed E-state index contributed by atoms with van der Waals surface area (Å²) < 4.78 is 38.5. The SMILES string of the molecule is O=S(=O)(F)c1occc1-c1cncs1. The molecule has 14 heavy (non-hydrogen) atoms. The Bertz CT molecular complexity index is 529. The van der Waals surface area contributed by atoms with Gasteiger partial charge in [0.15, 0.2) is 0 Å². The highest BCUT2D eigenvalue weighted by Crippen LogP contribution is 2.31. The van der Waals surface area contributed by atoms with Crippen LogP contribution < -0.4 is 0 Å². The topological polar surface area (TPSA) is 60.2 Å². The standard InChI is InChI=1S/C7H4FNO3S2/c8-14(10,11)7-5(1-2-12-7)6-3-9-4-13-6/h1-4H. The number of nitrogens with zero attached hydrogens (tertiary/aromatic N) is 1. The minimum Gasteiger partial charge on any atom is -0.450 e. The van der Waals surface area contributed by atoms with E-state index in [1.165, 1.54) is 29.1 Å². The fourth-order valence-corrected chi connectivity index (χ4v) is 2.34. The van der Waals surface area contributed by atoms with Crippen LogP contribution in [0, 0.1) is 0 Å². The minimum atomic E-state index is -4.80. The molecule has 0 fully saturated rings. The number of hydrogen-bond donors (Lipinski definition) is 0. The molecule has 0 radical (unpaired) electrons. The molecule has 0 aromatic carbocycles. The van der Waals surface area contributed by atoms with Crippen molar-refractivity contribution in [3.05, 3.63) is 24.0 Å². The maximum absolute atomic E-state index is 12.7. The number of aromatic nitrogens is 1. The molecule has 0 aliphatic heterocycles. The van der Waals surface area contributed by atoms with Crippen molar-refractivity contribution in [2.45, 2.75) is 5.09 Å². The lowest BCUT2D eigenvalue weighted by molar-refractivity contribution is 0.436. The van der Waals surface area contributed by atoms with Crippen LogP contribution in [-0.2, 0) is 10.2 Å². The normalized spacial score (nSPS) is 11.8. The van der Waals surface area contributed by atoms with Crippen LogP contribution in [0.2, 0.25) is 0 Å². The second kappa shape index (κ2) is 3.18. The molecule has 0 bridgehead atoms. The Morgan fingerprint density at radius 2 is 2.29 bits per heavy atom. The molecule has 2 aromatic rings. The highest BCUT2D eigenvalue weighted by atomic mass is 32.3. The number of rotatable bonds is 2. The zero-order valence-electron chi connectivity index (χ0n) is 6.68. The van der Waals surface area contributed by atoms with E-state index in [0.717, 1.165) is 6.26 Å². The lowest BCUT2D eigenvalue weighted by atomic mass is 10.3. The van der Waals surface area contributed by atoms with Crippen LogP contribution >= 0.6 is 11.3 Å². The van der Waals surface area contributed by atoms with Gasteiger partial charge in [-0.05, 0) is 6.07 Å². The third-order valence-corrected chi connectivity index (χ3v) is 3.11. The Morgan fingerprint density at radius 3 is 2.86 bits per heavy atom. The summed E-state index contributed by atoms with van der Waals surface area (Å²) in [5.74, 6) is 0. The van der Waals surface area contributed by atoms with Gasteiger partial charge in [0.05, 0.1) is 22.2 Å². The van der Waals surface area contributed by atoms with Crippen molar-refractivity contribution >= 4 is 21.6 Å². The van der Waals surface area contributed by atoms with Gasteiger partial charge in [0, 0.05) is 6.20 Å². The van der Waals surface area contributed by atoms with E-state index in [-0.39, 0.29) is 5.56 Å². The average molecular weight is 233 g/mol. The van der Waals surface area contributed by atoms with Gasteiger partial charge >= 0.3 is 10.2 Å². The summed E-state index contributed by atoms with van der Waals surface area (Å²) in [6, 6.07) is 1.39. The first kappa shape index (κ1) is 9.35. The molecule has 0 saturated heterocycles. The predicted octanol–water partition coefficient (Wildman–Crippen LogP) is 2.06. The van der Waals surface area contributed by atoms with E-state index in [0.29, 0.717) is 4.88 Å². The molecule has 2 heterocycles. The molecule has 0 spiro atoms. The molecule has 7 heteroatoms. The molecular weight excluding hydrogens is 229 g/mol. The van der Waals surface area contributed by atoms with Gasteiger partial charge in [-0.3, -0.25) is 4.98 Å². The Kier molecular flexibility index (Phi) is 2.12. The first-order valence-corrected chi connectivity index (χ1v) is 5.76. The third-order valence-electron chi connectivity index (χ3n) is 1.55. The number of halogens is 1. The minimum absolute atomic E-state index is 0.204. The molecule has 0 saturated carbocycles. The molecule has 0 aliphatic rings. The molecule has 0 aliphatic carbocycles. The summed E-state index contributed by atoms with van der Waals surface area (Å²) in [6.45, 7) is 0. The van der Waals surface area contributed by atoms with E-state index in [9.17, 15) is 12.3 Å². The molecule has 0 unspecified atom stereocenters. The van der Waals surface area contributed by atoms with Crippen LogP contribution in [0.5, 0.6) is 0 Å². The predicted molar refractivity (Wildman–Crippen MR) is 48.1 cm³/mol. The van der Waals surface area contributed by atoms with Crippen molar-refractivity contribution in [1.82, 2.24) is 4.98 Å². The highest BCUT2D eigenvalue weighted by molar-refractivity contribution is 7.86. The number of thiazole rings is 1. The van der Waals surface area contributed by atoms with E-state index in [1.807, 2.05) is 0 Å². The molecular formula is C7H4FNO3S2. The second-order valence-corrected chi connectivity index (χ2v) is 4.56. The molecule has 0 atom stereocenters. The third kappa shape index (κ3) is 1.55. The van der Waals surface area contributed by atoms with Crippen LogP contribution in [0.3, 0.4) is 0 Å².